The molecule has 1 saturated carbocycles. The van der Waals surface area contributed by atoms with Crippen LogP contribution >= 0.6 is 0 Å². The normalized spacial score (nSPS) is 22.4. The van der Waals surface area contributed by atoms with Crippen molar-refractivity contribution in [1.29, 1.82) is 0 Å². The van der Waals surface area contributed by atoms with Gasteiger partial charge in [0.1, 0.15) is 5.65 Å². The molecule has 0 aliphatic heterocycles. The van der Waals surface area contributed by atoms with Crippen molar-refractivity contribution in [3.8, 4) is 0 Å². The smallest absolute Gasteiger partial charge is 0.306 e. The van der Waals surface area contributed by atoms with Gasteiger partial charge >= 0.3 is 5.97 Å². The summed E-state index contributed by atoms with van der Waals surface area (Å²) in [7, 11) is 0. The van der Waals surface area contributed by atoms with Crippen LogP contribution in [-0.2, 0) is 11.3 Å². The summed E-state index contributed by atoms with van der Waals surface area (Å²) in [6.45, 7) is 1.51. The average molecular weight is 273 g/mol. The molecule has 2 atom stereocenters. The molecule has 20 heavy (non-hydrogen) atoms. The molecule has 0 amide bonds. The lowest BCUT2D eigenvalue weighted by molar-refractivity contribution is -0.142. The molecule has 1 aliphatic carbocycles. The summed E-state index contributed by atoms with van der Waals surface area (Å²) in [4.78, 5) is 18.5. The van der Waals surface area contributed by atoms with Crippen molar-refractivity contribution in [3.05, 3.63) is 30.1 Å². The van der Waals surface area contributed by atoms with E-state index in [0.29, 0.717) is 0 Å². The van der Waals surface area contributed by atoms with E-state index in [1.54, 1.807) is 6.20 Å². The summed E-state index contributed by atoms with van der Waals surface area (Å²) in [6.07, 6.45) is 6.60. The molecule has 0 saturated heterocycles. The number of hydrogen-bond acceptors (Lipinski definition) is 3. The van der Waals surface area contributed by atoms with Crippen LogP contribution in [0.5, 0.6) is 0 Å². The predicted molar refractivity (Wildman–Crippen MR) is 76.3 cm³/mol. The fourth-order valence-electron chi connectivity index (χ4n) is 3.16. The third kappa shape index (κ3) is 2.54. The molecule has 2 aromatic heterocycles. The number of hydrogen-bond donors (Lipinski definition) is 3. The Labute approximate surface area is 117 Å². The number of carboxylic acid groups (broad SMARTS) is 1. The van der Waals surface area contributed by atoms with Crippen LogP contribution in [0.1, 0.15) is 24.8 Å². The Bertz CT molecular complexity index is 608. The third-order valence-electron chi connectivity index (χ3n) is 4.24. The Balaban J connectivity index is 1.59. The minimum Gasteiger partial charge on any atom is -0.481 e. The molecule has 1 aliphatic rings. The fourth-order valence-corrected chi connectivity index (χ4v) is 3.16. The van der Waals surface area contributed by atoms with Crippen LogP contribution in [0.3, 0.4) is 0 Å². The summed E-state index contributed by atoms with van der Waals surface area (Å²) in [5.41, 5.74) is 2.08. The Hall–Kier alpha value is -1.88. The molecule has 0 radical (unpaired) electrons. The van der Waals surface area contributed by atoms with E-state index in [1.165, 1.54) is 5.56 Å². The van der Waals surface area contributed by atoms with E-state index in [9.17, 15) is 4.79 Å². The van der Waals surface area contributed by atoms with Crippen molar-refractivity contribution in [2.24, 2.45) is 11.8 Å². The SMILES string of the molecule is O=C(O)C1CCCC1CNCc1c[nH]c2ncccc12. The first-order chi connectivity index (χ1) is 9.75. The maximum atomic E-state index is 11.1. The molecular formula is C15H19N3O2. The molecule has 1 fully saturated rings. The number of carboxylic acids is 1. The first kappa shape index (κ1) is 13.1. The van der Waals surface area contributed by atoms with Gasteiger partial charge < -0.3 is 15.4 Å². The standard InChI is InChI=1S/C15H19N3O2/c19-15(20)13-4-1-3-10(13)7-16-8-11-9-18-14-12(11)5-2-6-17-14/h2,5-6,9-10,13,16H,1,3-4,7-8H2,(H,17,18)(H,19,20). The van der Waals surface area contributed by atoms with Crippen molar-refractivity contribution < 1.29 is 9.90 Å². The van der Waals surface area contributed by atoms with Crippen molar-refractivity contribution >= 4 is 17.0 Å². The monoisotopic (exact) mass is 273 g/mol. The van der Waals surface area contributed by atoms with Crippen LogP contribution in [0.4, 0.5) is 0 Å². The second kappa shape index (κ2) is 5.63. The second-order valence-electron chi connectivity index (χ2n) is 5.48. The zero-order valence-electron chi connectivity index (χ0n) is 11.3. The third-order valence-corrected chi connectivity index (χ3v) is 4.24. The summed E-state index contributed by atoms with van der Waals surface area (Å²) in [5.74, 6) is -0.562. The number of fused-ring (bicyclic) bond motifs is 1. The summed E-state index contributed by atoms with van der Waals surface area (Å²) in [6, 6.07) is 3.97. The van der Waals surface area contributed by atoms with Gasteiger partial charge in [-0.15, -0.1) is 0 Å². The maximum absolute atomic E-state index is 11.1. The maximum Gasteiger partial charge on any atom is 0.306 e. The lowest BCUT2D eigenvalue weighted by atomic mass is 9.96. The fraction of sp³-hybridized carbons (Fsp3) is 0.467. The molecule has 106 valence electrons. The highest BCUT2D eigenvalue weighted by Gasteiger charge is 2.32. The van der Waals surface area contributed by atoms with Gasteiger partial charge in [-0.05, 0) is 43.0 Å². The molecule has 0 spiro atoms. The van der Waals surface area contributed by atoms with E-state index in [4.69, 9.17) is 5.11 Å². The number of aliphatic carboxylic acids is 1. The average Bonchev–Trinajstić information content (AvgIpc) is 3.06. The van der Waals surface area contributed by atoms with Gasteiger partial charge in [0.05, 0.1) is 5.92 Å². The van der Waals surface area contributed by atoms with E-state index in [-0.39, 0.29) is 11.8 Å². The largest absolute Gasteiger partial charge is 0.481 e. The quantitative estimate of drug-likeness (QED) is 0.780. The molecular weight excluding hydrogens is 254 g/mol. The van der Waals surface area contributed by atoms with Gasteiger partial charge in [-0.3, -0.25) is 4.79 Å². The van der Waals surface area contributed by atoms with Gasteiger partial charge in [0.15, 0.2) is 0 Å². The Morgan fingerprint density at radius 3 is 3.25 bits per heavy atom. The summed E-state index contributed by atoms with van der Waals surface area (Å²) < 4.78 is 0. The van der Waals surface area contributed by atoms with Crippen molar-refractivity contribution in [3.63, 3.8) is 0 Å². The van der Waals surface area contributed by atoms with Gasteiger partial charge in [-0.25, -0.2) is 4.98 Å². The molecule has 0 bridgehead atoms. The predicted octanol–water partition coefficient (Wildman–Crippen LogP) is 2.15. The number of aromatic nitrogens is 2. The van der Waals surface area contributed by atoms with Crippen LogP contribution in [0.2, 0.25) is 0 Å². The van der Waals surface area contributed by atoms with Gasteiger partial charge in [0.25, 0.3) is 0 Å². The van der Waals surface area contributed by atoms with Crippen LogP contribution in [-0.4, -0.2) is 27.6 Å². The molecule has 2 heterocycles. The first-order valence-corrected chi connectivity index (χ1v) is 7.10. The Morgan fingerprint density at radius 1 is 1.50 bits per heavy atom. The van der Waals surface area contributed by atoms with E-state index < -0.39 is 5.97 Å². The zero-order chi connectivity index (χ0) is 13.9. The molecule has 3 rings (SSSR count). The molecule has 5 nitrogen and oxygen atoms in total. The summed E-state index contributed by atoms with van der Waals surface area (Å²) >= 11 is 0. The minimum absolute atomic E-state index is 0.174. The topological polar surface area (TPSA) is 78.0 Å². The lowest BCUT2D eigenvalue weighted by Gasteiger charge is -2.16. The van der Waals surface area contributed by atoms with E-state index in [1.807, 2.05) is 18.3 Å². The molecule has 2 unspecified atom stereocenters. The molecule has 2 aromatic rings. The number of pyridine rings is 1. The van der Waals surface area contributed by atoms with Gasteiger partial charge in [0.2, 0.25) is 0 Å². The number of carbonyl (C=O) groups is 1. The summed E-state index contributed by atoms with van der Waals surface area (Å²) in [5, 5.41) is 13.7. The highest BCUT2D eigenvalue weighted by molar-refractivity contribution is 5.79. The number of aromatic amines is 1. The van der Waals surface area contributed by atoms with E-state index in [0.717, 1.165) is 43.4 Å². The van der Waals surface area contributed by atoms with Crippen LogP contribution in [0.25, 0.3) is 11.0 Å². The molecule has 5 heteroatoms. The number of rotatable bonds is 5. The van der Waals surface area contributed by atoms with Crippen LogP contribution < -0.4 is 5.32 Å². The van der Waals surface area contributed by atoms with Crippen molar-refractivity contribution in [1.82, 2.24) is 15.3 Å². The zero-order valence-corrected chi connectivity index (χ0v) is 11.3. The van der Waals surface area contributed by atoms with Crippen LogP contribution in [0.15, 0.2) is 24.5 Å². The number of H-pyrrole nitrogens is 1. The Kier molecular flexibility index (Phi) is 3.69. The van der Waals surface area contributed by atoms with E-state index >= 15 is 0 Å². The number of nitrogens with zero attached hydrogens (tertiary/aromatic N) is 1. The van der Waals surface area contributed by atoms with Gasteiger partial charge in [-0.2, -0.15) is 0 Å². The van der Waals surface area contributed by atoms with Gasteiger partial charge in [-0.1, -0.05) is 6.42 Å². The molecule has 0 aromatic carbocycles. The second-order valence-corrected chi connectivity index (χ2v) is 5.48. The van der Waals surface area contributed by atoms with Crippen molar-refractivity contribution in [2.45, 2.75) is 25.8 Å². The van der Waals surface area contributed by atoms with Crippen LogP contribution in [0, 0.1) is 11.8 Å². The van der Waals surface area contributed by atoms with Crippen molar-refractivity contribution in [2.75, 3.05) is 6.54 Å². The van der Waals surface area contributed by atoms with E-state index in [2.05, 4.69) is 15.3 Å². The highest BCUT2D eigenvalue weighted by Crippen LogP contribution is 2.31. The highest BCUT2D eigenvalue weighted by atomic mass is 16.4. The minimum atomic E-state index is -0.648. The number of nitrogens with one attached hydrogen (secondary N) is 2. The molecule has 3 N–H and O–H groups in total. The first-order valence-electron chi connectivity index (χ1n) is 7.10. The lowest BCUT2D eigenvalue weighted by Crippen LogP contribution is -2.28. The Morgan fingerprint density at radius 2 is 2.40 bits per heavy atom. The van der Waals surface area contributed by atoms with Gasteiger partial charge in [0, 0.05) is 24.3 Å².